The van der Waals surface area contributed by atoms with E-state index < -0.39 is 10.0 Å². The zero-order valence-electron chi connectivity index (χ0n) is 14.4. The van der Waals surface area contributed by atoms with E-state index in [0.717, 1.165) is 25.5 Å². The fourth-order valence-corrected chi connectivity index (χ4v) is 2.48. The monoisotopic (exact) mass is 472 g/mol. The molecule has 0 amide bonds. The maximum absolute atomic E-state index is 11.3. The van der Waals surface area contributed by atoms with Crippen LogP contribution < -0.4 is 15.4 Å². The predicted octanol–water partition coefficient (Wildman–Crippen LogP) is 0.776. The van der Waals surface area contributed by atoms with Gasteiger partial charge in [0.1, 0.15) is 0 Å². The second-order valence-corrected chi connectivity index (χ2v) is 7.06. The molecule has 0 bridgehead atoms. The van der Waals surface area contributed by atoms with Gasteiger partial charge in [-0.25, -0.2) is 13.1 Å². The Labute approximate surface area is 162 Å². The van der Waals surface area contributed by atoms with Crippen molar-refractivity contribution in [1.82, 2.24) is 25.1 Å². The summed E-state index contributed by atoms with van der Waals surface area (Å²) < 4.78 is 27.0. The van der Waals surface area contributed by atoms with Crippen LogP contribution in [0.15, 0.2) is 23.5 Å². The minimum Gasteiger partial charge on any atom is -0.357 e. The van der Waals surface area contributed by atoms with Crippen molar-refractivity contribution < 1.29 is 8.42 Å². The highest BCUT2D eigenvalue weighted by molar-refractivity contribution is 14.0. The Morgan fingerprint density at radius 3 is 2.62 bits per heavy atom. The Hall–Kier alpha value is -0.880. The average Bonchev–Trinajstić information content (AvgIpc) is 3.04. The number of guanidine groups is 1. The lowest BCUT2D eigenvalue weighted by molar-refractivity contribution is 0.578. The summed E-state index contributed by atoms with van der Waals surface area (Å²) in [5.41, 5.74) is 0. The van der Waals surface area contributed by atoms with Crippen LogP contribution in [0.2, 0.25) is 0 Å². The van der Waals surface area contributed by atoms with Gasteiger partial charge in [0, 0.05) is 45.1 Å². The molecule has 140 valence electrons. The van der Waals surface area contributed by atoms with E-state index in [1.165, 1.54) is 0 Å². The van der Waals surface area contributed by atoms with Crippen LogP contribution in [0.25, 0.3) is 0 Å². The van der Waals surface area contributed by atoms with Gasteiger partial charge in [-0.2, -0.15) is 5.10 Å². The predicted molar refractivity (Wildman–Crippen MR) is 108 cm³/mol. The van der Waals surface area contributed by atoms with Crippen molar-refractivity contribution in [2.75, 3.05) is 31.9 Å². The number of hydrogen-bond donors (Lipinski definition) is 3. The summed E-state index contributed by atoms with van der Waals surface area (Å²) in [6, 6.07) is 1.90. The van der Waals surface area contributed by atoms with E-state index in [0.29, 0.717) is 26.1 Å². The average molecular weight is 472 g/mol. The van der Waals surface area contributed by atoms with Crippen molar-refractivity contribution in [1.29, 1.82) is 0 Å². The number of hydrogen-bond acceptors (Lipinski definition) is 4. The molecule has 0 aliphatic heterocycles. The van der Waals surface area contributed by atoms with Crippen molar-refractivity contribution in [3.8, 4) is 0 Å². The molecular weight excluding hydrogens is 443 g/mol. The van der Waals surface area contributed by atoms with Crippen LogP contribution >= 0.6 is 24.0 Å². The topological polar surface area (TPSA) is 100 Å². The summed E-state index contributed by atoms with van der Waals surface area (Å²) in [4.78, 5) is 4.49. The van der Waals surface area contributed by atoms with E-state index in [-0.39, 0.29) is 29.7 Å². The second kappa shape index (κ2) is 13.4. The van der Waals surface area contributed by atoms with Crippen molar-refractivity contribution >= 4 is 40.0 Å². The van der Waals surface area contributed by atoms with E-state index in [1.807, 2.05) is 23.9 Å². The number of aliphatic imine (C=N–C) groups is 1. The van der Waals surface area contributed by atoms with Crippen molar-refractivity contribution in [2.24, 2.45) is 4.99 Å². The molecule has 0 atom stereocenters. The van der Waals surface area contributed by atoms with E-state index in [4.69, 9.17) is 0 Å². The number of sulfonamides is 1. The first-order chi connectivity index (χ1) is 11.1. The highest BCUT2D eigenvalue weighted by Crippen LogP contribution is 1.90. The molecule has 3 N–H and O–H groups in total. The van der Waals surface area contributed by atoms with Gasteiger partial charge in [0.05, 0.1) is 5.75 Å². The van der Waals surface area contributed by atoms with Gasteiger partial charge in [0.15, 0.2) is 5.96 Å². The highest BCUT2D eigenvalue weighted by atomic mass is 127. The molecule has 0 radical (unpaired) electrons. The third-order valence-electron chi connectivity index (χ3n) is 3.07. The molecule has 8 nitrogen and oxygen atoms in total. The van der Waals surface area contributed by atoms with Crippen LogP contribution in [-0.2, 0) is 16.6 Å². The van der Waals surface area contributed by atoms with Crippen LogP contribution in [-0.4, -0.2) is 56.1 Å². The SMILES string of the molecule is CCNC(=NCCCn1cccn1)NCCCNS(=O)(=O)CC.I. The van der Waals surface area contributed by atoms with Gasteiger partial charge in [-0.1, -0.05) is 0 Å². The summed E-state index contributed by atoms with van der Waals surface area (Å²) in [7, 11) is -3.10. The summed E-state index contributed by atoms with van der Waals surface area (Å²) in [5.74, 6) is 0.868. The third-order valence-corrected chi connectivity index (χ3v) is 4.47. The molecule has 0 saturated heterocycles. The molecule has 1 aromatic rings. The zero-order valence-corrected chi connectivity index (χ0v) is 17.5. The Morgan fingerprint density at radius 1 is 1.21 bits per heavy atom. The van der Waals surface area contributed by atoms with Crippen molar-refractivity contribution in [3.05, 3.63) is 18.5 Å². The molecule has 24 heavy (non-hydrogen) atoms. The highest BCUT2D eigenvalue weighted by Gasteiger charge is 2.04. The molecular formula is C14H29IN6O2S. The van der Waals surface area contributed by atoms with Gasteiger partial charge in [-0.15, -0.1) is 24.0 Å². The number of nitrogens with one attached hydrogen (secondary N) is 3. The lowest BCUT2D eigenvalue weighted by atomic mass is 10.4. The Kier molecular flexibility index (Phi) is 12.9. The van der Waals surface area contributed by atoms with E-state index >= 15 is 0 Å². The Morgan fingerprint density at radius 2 is 2.00 bits per heavy atom. The van der Waals surface area contributed by atoms with Gasteiger partial charge in [-0.05, 0) is 32.8 Å². The van der Waals surface area contributed by atoms with Crippen LogP contribution in [0.5, 0.6) is 0 Å². The molecule has 0 unspecified atom stereocenters. The zero-order chi connectivity index (χ0) is 17.0. The molecule has 10 heteroatoms. The molecule has 0 saturated carbocycles. The first-order valence-electron chi connectivity index (χ1n) is 8.04. The summed E-state index contributed by atoms with van der Waals surface area (Å²) in [6.45, 7) is 7.06. The number of halogens is 1. The van der Waals surface area contributed by atoms with E-state index in [1.54, 1.807) is 13.1 Å². The molecule has 1 heterocycles. The largest absolute Gasteiger partial charge is 0.357 e. The van der Waals surface area contributed by atoms with Gasteiger partial charge >= 0.3 is 0 Å². The molecule has 0 aliphatic rings. The smallest absolute Gasteiger partial charge is 0.211 e. The minimum absolute atomic E-state index is 0. The molecule has 0 aromatic carbocycles. The standard InChI is InChI=1S/C14H28N6O2S.HI/c1-3-15-14(16-8-5-11-19-23(21,22)4-2)17-9-6-12-20-13-7-10-18-20;/h7,10,13,19H,3-6,8-9,11-12H2,1-2H3,(H2,15,16,17);1H. The third kappa shape index (κ3) is 10.8. The van der Waals surface area contributed by atoms with E-state index in [9.17, 15) is 8.42 Å². The molecule has 0 spiro atoms. The van der Waals surface area contributed by atoms with Gasteiger partial charge < -0.3 is 10.6 Å². The summed E-state index contributed by atoms with van der Waals surface area (Å²) in [5, 5.41) is 10.5. The maximum atomic E-state index is 11.3. The number of aromatic nitrogens is 2. The Balaban J connectivity index is 0.00000529. The van der Waals surface area contributed by atoms with Gasteiger partial charge in [0.2, 0.25) is 10.0 Å². The van der Waals surface area contributed by atoms with Gasteiger partial charge in [0.25, 0.3) is 0 Å². The quantitative estimate of drug-likeness (QED) is 0.191. The summed E-state index contributed by atoms with van der Waals surface area (Å²) in [6.07, 6.45) is 5.32. The first kappa shape index (κ1) is 23.1. The lowest BCUT2D eigenvalue weighted by Crippen LogP contribution is -2.39. The van der Waals surface area contributed by atoms with E-state index in [2.05, 4.69) is 25.4 Å². The fourth-order valence-electron chi connectivity index (χ4n) is 1.82. The van der Waals surface area contributed by atoms with Gasteiger partial charge in [-0.3, -0.25) is 9.67 Å². The fraction of sp³-hybridized carbons (Fsp3) is 0.714. The van der Waals surface area contributed by atoms with Crippen molar-refractivity contribution in [3.63, 3.8) is 0 Å². The minimum atomic E-state index is -3.10. The normalized spacial score (nSPS) is 11.8. The second-order valence-electron chi connectivity index (χ2n) is 4.96. The maximum Gasteiger partial charge on any atom is 0.211 e. The number of aryl methyl sites for hydroxylation is 1. The van der Waals surface area contributed by atoms with Crippen LogP contribution in [0.3, 0.4) is 0 Å². The number of nitrogens with zero attached hydrogens (tertiary/aromatic N) is 3. The summed E-state index contributed by atoms with van der Waals surface area (Å²) >= 11 is 0. The van der Waals surface area contributed by atoms with Crippen LogP contribution in [0.1, 0.15) is 26.7 Å². The molecule has 0 aliphatic carbocycles. The lowest BCUT2D eigenvalue weighted by Gasteiger charge is -2.11. The molecule has 0 fully saturated rings. The van der Waals surface area contributed by atoms with Crippen LogP contribution in [0.4, 0.5) is 0 Å². The number of rotatable bonds is 11. The molecule has 1 rings (SSSR count). The first-order valence-corrected chi connectivity index (χ1v) is 9.69. The molecule has 1 aromatic heterocycles. The van der Waals surface area contributed by atoms with Crippen LogP contribution in [0, 0.1) is 0 Å². The Bertz CT molecular complexity index is 548. The van der Waals surface area contributed by atoms with Crippen molar-refractivity contribution in [2.45, 2.75) is 33.2 Å².